The van der Waals surface area contributed by atoms with Crippen molar-refractivity contribution in [1.29, 1.82) is 0 Å². The van der Waals surface area contributed by atoms with Crippen molar-refractivity contribution >= 4 is 56.8 Å². The zero-order chi connectivity index (χ0) is 24.9. The van der Waals surface area contributed by atoms with Gasteiger partial charge >= 0.3 is 0 Å². The predicted octanol–water partition coefficient (Wildman–Crippen LogP) is 5.76. The van der Waals surface area contributed by atoms with E-state index in [0.29, 0.717) is 0 Å². The maximum atomic E-state index is 2.36. The fraction of sp³-hybridized carbons (Fsp3) is 0.0556. The predicted molar refractivity (Wildman–Crippen MR) is 163 cm³/mol. The van der Waals surface area contributed by atoms with Gasteiger partial charge in [0.25, 0.3) is 0 Å². The molecule has 1 heterocycles. The van der Waals surface area contributed by atoms with Crippen molar-refractivity contribution in [3.05, 3.63) is 126 Å². The molecule has 0 atom stereocenters. The Morgan fingerprint density at radius 2 is 0.892 bits per heavy atom. The van der Waals surface area contributed by atoms with Gasteiger partial charge in [-0.3, -0.25) is 0 Å². The third kappa shape index (κ3) is 3.17. The summed E-state index contributed by atoms with van der Waals surface area (Å²) in [5.41, 5.74) is 9.34. The first-order valence-electron chi connectivity index (χ1n) is 13.2. The molecule has 1 heteroatoms. The molecule has 1 aliphatic heterocycles. The van der Waals surface area contributed by atoms with Crippen LogP contribution in [0.15, 0.2) is 115 Å². The first-order chi connectivity index (χ1) is 18.3. The minimum absolute atomic E-state index is 0.158. The first-order valence-corrected chi connectivity index (χ1v) is 13.2. The van der Waals surface area contributed by atoms with Crippen LogP contribution in [0.4, 0.5) is 0 Å². The normalized spacial score (nSPS) is 13.4. The lowest BCUT2D eigenvalue weighted by Crippen LogP contribution is -2.50. The maximum absolute atomic E-state index is 2.36. The molecule has 0 aromatic heterocycles. The van der Waals surface area contributed by atoms with Crippen LogP contribution in [0.25, 0.3) is 56.0 Å². The molecule has 7 rings (SSSR count). The summed E-state index contributed by atoms with van der Waals surface area (Å²) < 4.78 is 0. The van der Waals surface area contributed by atoms with E-state index in [1.165, 1.54) is 70.6 Å². The average Bonchev–Trinajstić information content (AvgIpc) is 3.31. The second-order valence-electron chi connectivity index (χ2n) is 9.88. The zero-order valence-corrected chi connectivity index (χ0v) is 21.2. The Morgan fingerprint density at radius 1 is 0.459 bits per heavy atom. The highest BCUT2D eigenvalue weighted by molar-refractivity contribution is 7.02. The van der Waals surface area contributed by atoms with Crippen molar-refractivity contribution in [1.82, 2.24) is 0 Å². The molecule has 0 radical (unpaired) electrons. The summed E-state index contributed by atoms with van der Waals surface area (Å²) in [6.45, 7) is 4.49. The third-order valence-electron chi connectivity index (χ3n) is 8.08. The summed E-state index contributed by atoms with van der Waals surface area (Å²) in [5, 5.41) is 8.22. The van der Waals surface area contributed by atoms with E-state index >= 15 is 0 Å². The molecule has 0 spiro atoms. The van der Waals surface area contributed by atoms with Gasteiger partial charge in [0, 0.05) is 0 Å². The summed E-state index contributed by atoms with van der Waals surface area (Å²) in [7, 11) is 0. The van der Waals surface area contributed by atoms with Crippen molar-refractivity contribution < 1.29 is 0 Å². The molecule has 1 aliphatic rings. The fourth-order valence-electron chi connectivity index (χ4n) is 6.63. The quantitative estimate of drug-likeness (QED) is 0.228. The largest absolute Gasteiger partial charge is 0.244 e. The Morgan fingerprint density at radius 3 is 1.32 bits per heavy atom. The minimum Gasteiger partial charge on any atom is -0.0791 e. The summed E-state index contributed by atoms with van der Waals surface area (Å²) >= 11 is 0. The molecule has 6 aromatic carbocycles. The molecule has 174 valence electrons. The van der Waals surface area contributed by atoms with Gasteiger partial charge in [-0.15, -0.1) is 0 Å². The van der Waals surface area contributed by atoms with E-state index in [1.807, 2.05) is 0 Å². The molecule has 0 nitrogen and oxygen atoms in total. The standard InChI is InChI=1S/C36H27B/c1-3-26-27(4-2)31-21-13-23-33-35(31)34-30(26)20-12-22-32(34)37(33)36-28(24-14-7-5-8-15-24)18-11-19-29(36)25-16-9-6-10-17-25/h3-23H,1-2H3. The number of benzene rings is 6. The summed E-state index contributed by atoms with van der Waals surface area (Å²) in [4.78, 5) is 0. The van der Waals surface area contributed by atoms with Crippen LogP contribution in [-0.4, -0.2) is 6.71 Å². The van der Waals surface area contributed by atoms with Gasteiger partial charge in [0.05, 0.1) is 0 Å². The van der Waals surface area contributed by atoms with Crippen molar-refractivity contribution in [3.63, 3.8) is 0 Å². The molecule has 0 fully saturated rings. The van der Waals surface area contributed by atoms with E-state index in [2.05, 4.69) is 141 Å². The van der Waals surface area contributed by atoms with Crippen molar-refractivity contribution in [2.45, 2.75) is 13.8 Å². The molecule has 37 heavy (non-hydrogen) atoms. The molecule has 0 aliphatic carbocycles. The lowest BCUT2D eigenvalue weighted by Gasteiger charge is -2.21. The number of rotatable bonds is 3. The summed E-state index contributed by atoms with van der Waals surface area (Å²) in [5.74, 6) is 0. The van der Waals surface area contributed by atoms with Crippen molar-refractivity contribution in [2.75, 3.05) is 0 Å². The fourth-order valence-corrected chi connectivity index (χ4v) is 6.63. The molecule has 0 amide bonds. The summed E-state index contributed by atoms with van der Waals surface area (Å²) in [6.07, 6.45) is 4.56. The van der Waals surface area contributed by atoms with E-state index in [1.54, 1.807) is 0 Å². The first kappa shape index (κ1) is 21.9. The highest BCUT2D eigenvalue weighted by Gasteiger charge is 2.35. The van der Waals surface area contributed by atoms with Crippen molar-refractivity contribution in [3.8, 4) is 22.3 Å². The molecule has 0 N–H and O–H groups in total. The van der Waals surface area contributed by atoms with Crippen LogP contribution in [-0.2, 0) is 0 Å². The van der Waals surface area contributed by atoms with Crippen LogP contribution in [0.1, 0.15) is 13.8 Å². The SMILES string of the molecule is CC=c1c(=CC)c2cccc3c2c2c(cccc12)B3c1c(-c2ccccc2)cccc1-c1ccccc1. The van der Waals surface area contributed by atoms with Gasteiger partial charge in [-0.1, -0.05) is 144 Å². The highest BCUT2D eigenvalue weighted by Crippen LogP contribution is 2.30. The number of hydrogen-bond donors (Lipinski definition) is 0. The second-order valence-corrected chi connectivity index (χ2v) is 9.88. The Hall–Kier alpha value is -4.36. The Bertz CT molecular complexity index is 1790. The van der Waals surface area contributed by atoms with E-state index in [9.17, 15) is 0 Å². The highest BCUT2D eigenvalue weighted by atomic mass is 14.2. The molecule has 0 unspecified atom stereocenters. The Kier molecular flexibility index (Phi) is 5.11. The molecular formula is C36H27B. The van der Waals surface area contributed by atoms with E-state index in [-0.39, 0.29) is 6.71 Å². The Balaban J connectivity index is 1.66. The molecular weight excluding hydrogens is 443 g/mol. The molecule has 0 saturated carbocycles. The van der Waals surface area contributed by atoms with Crippen LogP contribution in [0.3, 0.4) is 0 Å². The van der Waals surface area contributed by atoms with E-state index < -0.39 is 0 Å². The minimum atomic E-state index is 0.158. The van der Waals surface area contributed by atoms with Gasteiger partial charge in [0.1, 0.15) is 0 Å². The molecule has 0 bridgehead atoms. The smallest absolute Gasteiger partial charge is 0.0791 e. The van der Waals surface area contributed by atoms with Gasteiger partial charge in [0.2, 0.25) is 6.71 Å². The topological polar surface area (TPSA) is 0 Å². The van der Waals surface area contributed by atoms with Crippen LogP contribution in [0, 0.1) is 0 Å². The second kappa shape index (κ2) is 8.64. The van der Waals surface area contributed by atoms with Gasteiger partial charge in [-0.2, -0.15) is 0 Å². The van der Waals surface area contributed by atoms with Gasteiger partial charge in [-0.25, -0.2) is 0 Å². The molecule has 0 saturated heterocycles. The Labute approximate surface area is 218 Å². The van der Waals surface area contributed by atoms with Crippen molar-refractivity contribution in [2.24, 2.45) is 0 Å². The zero-order valence-electron chi connectivity index (χ0n) is 21.2. The van der Waals surface area contributed by atoms with Crippen LogP contribution >= 0.6 is 0 Å². The van der Waals surface area contributed by atoms with Crippen LogP contribution in [0.2, 0.25) is 0 Å². The monoisotopic (exact) mass is 470 g/mol. The van der Waals surface area contributed by atoms with Gasteiger partial charge in [-0.05, 0) is 68.1 Å². The lowest BCUT2D eigenvalue weighted by molar-refractivity contribution is 1.61. The maximum Gasteiger partial charge on any atom is 0.244 e. The lowest BCUT2D eigenvalue weighted by atomic mass is 9.36. The van der Waals surface area contributed by atoms with Gasteiger partial charge < -0.3 is 0 Å². The average molecular weight is 470 g/mol. The van der Waals surface area contributed by atoms with E-state index in [0.717, 1.165) is 0 Å². The number of hydrogen-bond acceptors (Lipinski definition) is 0. The van der Waals surface area contributed by atoms with Gasteiger partial charge in [0.15, 0.2) is 0 Å². The molecule has 6 aromatic rings. The summed E-state index contributed by atoms with van der Waals surface area (Å²) in [6, 6.07) is 42.4. The van der Waals surface area contributed by atoms with Crippen LogP contribution in [0.5, 0.6) is 0 Å². The van der Waals surface area contributed by atoms with Crippen LogP contribution < -0.4 is 26.8 Å². The third-order valence-corrected chi connectivity index (χ3v) is 8.08. The van der Waals surface area contributed by atoms with E-state index in [4.69, 9.17) is 0 Å².